The van der Waals surface area contributed by atoms with Gasteiger partial charge in [-0.1, -0.05) is 11.6 Å². The molecule has 0 aromatic carbocycles. The highest BCUT2D eigenvalue weighted by molar-refractivity contribution is 6.29. The van der Waals surface area contributed by atoms with E-state index in [2.05, 4.69) is 20.4 Å². The zero-order valence-corrected chi connectivity index (χ0v) is 11.3. The minimum absolute atomic E-state index is 0.174. The third kappa shape index (κ3) is 2.07. The summed E-state index contributed by atoms with van der Waals surface area (Å²) < 4.78 is 1.45. The summed E-state index contributed by atoms with van der Waals surface area (Å²) in [4.78, 5) is 32.6. The van der Waals surface area contributed by atoms with Crippen molar-refractivity contribution in [2.75, 3.05) is 12.4 Å². The number of amides is 2. The molecule has 3 heterocycles. The second-order valence-corrected chi connectivity index (χ2v) is 4.85. The number of nitrogens with one attached hydrogen (secondary N) is 1. The number of rotatable bonds is 2. The third-order valence-corrected chi connectivity index (χ3v) is 3.39. The van der Waals surface area contributed by atoms with Crippen LogP contribution in [0.5, 0.6) is 0 Å². The third-order valence-electron chi connectivity index (χ3n) is 3.19. The molecular formula is C11H11ClN6O2. The Labute approximate surface area is 118 Å². The average Bonchev–Trinajstić information content (AvgIpc) is 2.87. The fourth-order valence-corrected chi connectivity index (χ4v) is 2.29. The van der Waals surface area contributed by atoms with Crippen LogP contribution in [0.2, 0.25) is 5.15 Å². The molecule has 2 aromatic heterocycles. The monoisotopic (exact) mass is 294 g/mol. The van der Waals surface area contributed by atoms with Crippen molar-refractivity contribution >= 4 is 35.0 Å². The van der Waals surface area contributed by atoms with E-state index in [0.29, 0.717) is 24.4 Å². The number of piperidine rings is 1. The topological polar surface area (TPSA) is 92.5 Å². The van der Waals surface area contributed by atoms with Gasteiger partial charge in [0.1, 0.15) is 23.3 Å². The second-order valence-electron chi connectivity index (χ2n) is 4.46. The van der Waals surface area contributed by atoms with Crippen molar-refractivity contribution in [3.8, 4) is 0 Å². The van der Waals surface area contributed by atoms with Crippen LogP contribution < -0.4 is 5.32 Å². The number of halogens is 1. The van der Waals surface area contributed by atoms with Gasteiger partial charge in [-0.2, -0.15) is 19.6 Å². The molecule has 1 saturated heterocycles. The van der Waals surface area contributed by atoms with Crippen LogP contribution in [0.4, 0.5) is 5.82 Å². The molecule has 1 aliphatic rings. The lowest BCUT2D eigenvalue weighted by molar-refractivity contribution is -0.146. The number of hydrogen-bond acceptors (Lipinski definition) is 6. The van der Waals surface area contributed by atoms with Gasteiger partial charge in [-0.25, -0.2) is 0 Å². The van der Waals surface area contributed by atoms with Crippen LogP contribution >= 0.6 is 11.6 Å². The Kier molecular flexibility index (Phi) is 3.01. The number of carbonyl (C=O) groups is 2. The molecule has 1 aliphatic heterocycles. The van der Waals surface area contributed by atoms with Crippen LogP contribution in [-0.4, -0.2) is 49.4 Å². The van der Waals surface area contributed by atoms with E-state index in [-0.39, 0.29) is 17.0 Å². The molecule has 1 N–H and O–H groups in total. The molecule has 104 valence electrons. The van der Waals surface area contributed by atoms with E-state index >= 15 is 0 Å². The number of likely N-dealkylation sites (N-methyl/N-ethyl adjacent to an activating group) is 1. The van der Waals surface area contributed by atoms with E-state index in [4.69, 9.17) is 11.6 Å². The Morgan fingerprint density at radius 1 is 1.45 bits per heavy atom. The first kappa shape index (κ1) is 12.8. The highest BCUT2D eigenvalue weighted by atomic mass is 35.5. The maximum atomic E-state index is 12.0. The summed E-state index contributed by atoms with van der Waals surface area (Å²) in [6, 6.07) is 1.07. The summed E-state index contributed by atoms with van der Waals surface area (Å²) in [5.74, 6) is 0.403. The quantitative estimate of drug-likeness (QED) is 0.634. The molecule has 0 radical (unpaired) electrons. The molecule has 1 unspecified atom stereocenters. The largest absolute Gasteiger partial charge is 0.358 e. The lowest BCUT2D eigenvalue weighted by Gasteiger charge is -2.28. The maximum absolute atomic E-state index is 12.0. The number of fused-ring (bicyclic) bond motifs is 1. The summed E-state index contributed by atoms with van der Waals surface area (Å²) in [5.41, 5.74) is 0. The number of imide groups is 1. The molecule has 1 atom stereocenters. The zero-order chi connectivity index (χ0) is 14.3. The molecule has 3 rings (SSSR count). The second kappa shape index (κ2) is 4.71. The molecule has 0 bridgehead atoms. The van der Waals surface area contributed by atoms with Gasteiger partial charge in [0.2, 0.25) is 5.91 Å². The first-order valence-corrected chi connectivity index (χ1v) is 6.37. The van der Waals surface area contributed by atoms with Gasteiger partial charge in [-0.15, -0.1) is 0 Å². The number of anilines is 1. The van der Waals surface area contributed by atoms with E-state index in [0.717, 1.165) is 4.90 Å². The number of likely N-dealkylation sites (tertiary alicyclic amines) is 1. The van der Waals surface area contributed by atoms with E-state index in [1.54, 1.807) is 6.07 Å². The summed E-state index contributed by atoms with van der Waals surface area (Å²) >= 11 is 5.90. The molecule has 9 heteroatoms. The predicted molar refractivity (Wildman–Crippen MR) is 70.2 cm³/mol. The number of hydrogen-bond donors (Lipinski definition) is 1. The van der Waals surface area contributed by atoms with Gasteiger partial charge in [0.25, 0.3) is 11.7 Å². The molecule has 20 heavy (non-hydrogen) atoms. The van der Waals surface area contributed by atoms with Crippen molar-refractivity contribution in [3.63, 3.8) is 0 Å². The fraction of sp³-hybridized carbons (Fsp3) is 0.364. The molecule has 1 fully saturated rings. The molecule has 0 saturated carbocycles. The van der Waals surface area contributed by atoms with Crippen molar-refractivity contribution in [1.82, 2.24) is 24.5 Å². The minimum Gasteiger partial charge on any atom is -0.358 e. The van der Waals surface area contributed by atoms with E-state index < -0.39 is 6.04 Å². The summed E-state index contributed by atoms with van der Waals surface area (Å²) in [5, 5.41) is 7.31. The summed E-state index contributed by atoms with van der Waals surface area (Å²) in [7, 11) is 1.48. The Morgan fingerprint density at radius 3 is 3.05 bits per heavy atom. The Morgan fingerprint density at radius 2 is 2.25 bits per heavy atom. The van der Waals surface area contributed by atoms with Crippen molar-refractivity contribution < 1.29 is 9.59 Å². The smallest absolute Gasteiger partial charge is 0.255 e. The van der Waals surface area contributed by atoms with Crippen LogP contribution in [0.15, 0.2) is 12.4 Å². The summed E-state index contributed by atoms with van der Waals surface area (Å²) in [6.45, 7) is 0. The van der Waals surface area contributed by atoms with Crippen molar-refractivity contribution in [2.45, 2.75) is 18.9 Å². The average molecular weight is 295 g/mol. The molecule has 2 aromatic rings. The van der Waals surface area contributed by atoms with Crippen molar-refractivity contribution in [2.24, 2.45) is 0 Å². The van der Waals surface area contributed by atoms with Crippen molar-refractivity contribution in [3.05, 3.63) is 17.5 Å². The molecule has 0 spiro atoms. The van der Waals surface area contributed by atoms with E-state index in [1.807, 2.05) is 0 Å². The normalized spacial score (nSPS) is 19.7. The Balaban J connectivity index is 1.91. The van der Waals surface area contributed by atoms with Gasteiger partial charge in [-0.05, 0) is 6.42 Å². The van der Waals surface area contributed by atoms with Crippen LogP contribution in [0.1, 0.15) is 12.8 Å². The van der Waals surface area contributed by atoms with Crippen LogP contribution in [0.3, 0.4) is 0 Å². The predicted octanol–water partition coefficient (Wildman–Crippen LogP) is 0.337. The van der Waals surface area contributed by atoms with Gasteiger partial charge in [0.05, 0.1) is 0 Å². The number of carbonyl (C=O) groups excluding carboxylic acids is 2. The van der Waals surface area contributed by atoms with E-state index in [9.17, 15) is 9.59 Å². The van der Waals surface area contributed by atoms with Gasteiger partial charge >= 0.3 is 0 Å². The SMILES string of the molecule is CN1C(=O)CCC(Nc2cc(Cl)nc3ncnn23)C1=O. The zero-order valence-electron chi connectivity index (χ0n) is 10.6. The van der Waals surface area contributed by atoms with Crippen LogP contribution in [0.25, 0.3) is 5.78 Å². The molecular weight excluding hydrogens is 284 g/mol. The molecule has 0 aliphatic carbocycles. The highest BCUT2D eigenvalue weighted by Gasteiger charge is 2.32. The van der Waals surface area contributed by atoms with Gasteiger partial charge in [0, 0.05) is 19.5 Å². The van der Waals surface area contributed by atoms with E-state index in [1.165, 1.54) is 17.9 Å². The minimum atomic E-state index is -0.497. The van der Waals surface area contributed by atoms with Gasteiger partial charge in [0.15, 0.2) is 0 Å². The Hall–Kier alpha value is -2.22. The highest BCUT2D eigenvalue weighted by Crippen LogP contribution is 2.19. The van der Waals surface area contributed by atoms with Gasteiger partial charge < -0.3 is 5.32 Å². The number of nitrogens with zero attached hydrogens (tertiary/aromatic N) is 5. The van der Waals surface area contributed by atoms with Crippen LogP contribution in [0, 0.1) is 0 Å². The first-order chi connectivity index (χ1) is 9.56. The number of aromatic nitrogens is 4. The Bertz CT molecular complexity index is 699. The van der Waals surface area contributed by atoms with Gasteiger partial charge in [-0.3, -0.25) is 14.5 Å². The van der Waals surface area contributed by atoms with Crippen LogP contribution in [-0.2, 0) is 9.59 Å². The maximum Gasteiger partial charge on any atom is 0.255 e. The fourth-order valence-electron chi connectivity index (χ4n) is 2.11. The molecule has 2 amide bonds. The lowest BCUT2D eigenvalue weighted by atomic mass is 10.0. The lowest BCUT2D eigenvalue weighted by Crippen LogP contribution is -2.48. The van der Waals surface area contributed by atoms with Crippen molar-refractivity contribution in [1.29, 1.82) is 0 Å². The summed E-state index contributed by atoms with van der Waals surface area (Å²) in [6.07, 6.45) is 2.10. The standard InChI is InChI=1S/C11H11ClN6O2/c1-17-9(19)3-2-6(10(17)20)15-8-4-7(12)16-11-13-5-14-18(8)11/h4-6,15H,2-3H2,1H3. The first-order valence-electron chi connectivity index (χ1n) is 5.99. The molecule has 8 nitrogen and oxygen atoms in total.